The third-order valence-corrected chi connectivity index (χ3v) is 7.92. The van der Waals surface area contributed by atoms with Crippen molar-refractivity contribution in [3.63, 3.8) is 0 Å². The molecule has 3 heterocycles. The summed E-state index contributed by atoms with van der Waals surface area (Å²) in [4.78, 5) is 32.2. The van der Waals surface area contributed by atoms with Crippen molar-refractivity contribution in [1.82, 2.24) is 4.57 Å². The third-order valence-electron chi connectivity index (χ3n) is 6.41. The smallest absolute Gasteiger partial charge is 0.338 e. The molecule has 2 aromatic carbocycles. The highest BCUT2D eigenvalue weighted by atomic mass is 79.9. The van der Waals surface area contributed by atoms with Crippen molar-refractivity contribution in [3.8, 4) is 22.8 Å². The zero-order chi connectivity index (χ0) is 29.3. The number of methoxy groups -OCH3 is 1. The van der Waals surface area contributed by atoms with Crippen LogP contribution >= 0.6 is 27.3 Å². The van der Waals surface area contributed by atoms with Gasteiger partial charge in [-0.1, -0.05) is 45.5 Å². The summed E-state index contributed by atoms with van der Waals surface area (Å²) in [6, 6.07) is 16.1. The summed E-state index contributed by atoms with van der Waals surface area (Å²) in [6.45, 7) is 7.54. The van der Waals surface area contributed by atoms with Gasteiger partial charge in [0, 0.05) is 16.1 Å². The number of halogens is 1. The van der Waals surface area contributed by atoms with Crippen LogP contribution in [0.1, 0.15) is 45.1 Å². The molecule has 2 aromatic heterocycles. The number of carbonyl (C=O) groups is 1. The lowest BCUT2D eigenvalue weighted by atomic mass is 9.95. The van der Waals surface area contributed by atoms with Crippen LogP contribution in [-0.2, 0) is 9.53 Å². The van der Waals surface area contributed by atoms with Crippen molar-refractivity contribution < 1.29 is 23.4 Å². The van der Waals surface area contributed by atoms with Crippen LogP contribution in [0.5, 0.6) is 11.5 Å². The van der Waals surface area contributed by atoms with Gasteiger partial charge in [-0.2, -0.15) is 0 Å². The Balaban J connectivity index is 1.64. The zero-order valence-electron chi connectivity index (χ0n) is 23.3. The molecular weight excluding hydrogens is 608 g/mol. The van der Waals surface area contributed by atoms with Gasteiger partial charge >= 0.3 is 5.97 Å². The summed E-state index contributed by atoms with van der Waals surface area (Å²) in [5, 5.41) is 0. The summed E-state index contributed by atoms with van der Waals surface area (Å²) in [5.74, 6) is 1.75. The number of hydrogen-bond donors (Lipinski definition) is 0. The van der Waals surface area contributed by atoms with Crippen LogP contribution in [0.4, 0.5) is 0 Å². The minimum atomic E-state index is -0.774. The summed E-state index contributed by atoms with van der Waals surface area (Å²) in [7, 11) is 1.55. The van der Waals surface area contributed by atoms with Crippen LogP contribution in [0, 0.1) is 0 Å². The first kappa shape index (κ1) is 28.6. The predicted octanol–water partition coefficient (Wildman–Crippen LogP) is 5.62. The average Bonchev–Trinajstić information content (AvgIpc) is 3.52. The van der Waals surface area contributed by atoms with E-state index in [9.17, 15) is 9.59 Å². The van der Waals surface area contributed by atoms with Gasteiger partial charge in [0.25, 0.3) is 5.56 Å². The summed E-state index contributed by atoms with van der Waals surface area (Å²) >= 11 is 4.68. The number of benzene rings is 2. The molecular formula is C31H29BrN2O6S. The fourth-order valence-corrected chi connectivity index (χ4v) is 5.93. The number of nitrogens with zero attached hydrogens (tertiary/aromatic N) is 2. The van der Waals surface area contributed by atoms with Crippen molar-refractivity contribution in [3.05, 3.63) is 101 Å². The van der Waals surface area contributed by atoms with E-state index in [1.54, 1.807) is 39.2 Å². The lowest BCUT2D eigenvalue weighted by Crippen LogP contribution is -2.40. The first-order valence-electron chi connectivity index (χ1n) is 13.1. The van der Waals surface area contributed by atoms with Gasteiger partial charge < -0.3 is 18.6 Å². The van der Waals surface area contributed by atoms with Crippen LogP contribution in [-0.4, -0.2) is 30.4 Å². The van der Waals surface area contributed by atoms with E-state index in [0.717, 1.165) is 10.0 Å². The second-order valence-electron chi connectivity index (χ2n) is 9.59. The number of ether oxygens (including phenoxy) is 3. The molecule has 0 fully saturated rings. The van der Waals surface area contributed by atoms with Gasteiger partial charge in [0.05, 0.1) is 41.7 Å². The number of hydrogen-bond acceptors (Lipinski definition) is 8. The quantitative estimate of drug-likeness (QED) is 0.233. The molecule has 212 valence electrons. The number of furan rings is 1. The number of allylic oxidation sites excluding steroid dienone is 1. The first-order chi connectivity index (χ1) is 19.7. The Kier molecular flexibility index (Phi) is 8.32. The molecule has 0 saturated heterocycles. The van der Waals surface area contributed by atoms with E-state index in [1.165, 1.54) is 15.9 Å². The number of carbonyl (C=O) groups excluding carboxylic acids is 1. The van der Waals surface area contributed by atoms with E-state index in [2.05, 4.69) is 20.9 Å². The maximum atomic E-state index is 13.9. The molecule has 0 amide bonds. The number of fused-ring (bicyclic) bond motifs is 1. The highest BCUT2D eigenvalue weighted by Crippen LogP contribution is 2.36. The molecule has 0 radical (unpaired) electrons. The molecule has 10 heteroatoms. The fourth-order valence-electron chi connectivity index (χ4n) is 4.64. The summed E-state index contributed by atoms with van der Waals surface area (Å²) in [6.07, 6.45) is 1.64. The molecule has 1 atom stereocenters. The van der Waals surface area contributed by atoms with E-state index in [-0.39, 0.29) is 18.3 Å². The topological polar surface area (TPSA) is 92.3 Å². The van der Waals surface area contributed by atoms with Crippen molar-refractivity contribution in [1.29, 1.82) is 0 Å². The van der Waals surface area contributed by atoms with Crippen LogP contribution in [0.15, 0.2) is 84.5 Å². The van der Waals surface area contributed by atoms with Gasteiger partial charge in [-0.3, -0.25) is 9.36 Å². The van der Waals surface area contributed by atoms with E-state index >= 15 is 0 Å². The van der Waals surface area contributed by atoms with Crippen molar-refractivity contribution in [2.75, 3.05) is 13.7 Å². The molecule has 4 aromatic rings. The largest absolute Gasteiger partial charge is 0.493 e. The standard InChI is InChI=1S/C31H29BrN2O6S/c1-6-38-30(36)27-18(4)33-31-34(28(27)20-9-13-24(39-17(2)3)25(15-20)37-5)29(35)26(41-31)16-22-12-14-23(40-22)19-7-10-21(32)11-8-19/h7-17,28H,6H2,1-5H3/b26-16+/t28-/m0/s1. The summed E-state index contributed by atoms with van der Waals surface area (Å²) in [5.41, 5.74) is 2.07. The minimum absolute atomic E-state index is 0.0597. The maximum absolute atomic E-state index is 13.9. The fraction of sp³-hybridized carbons (Fsp3) is 0.258. The monoisotopic (exact) mass is 636 g/mol. The lowest BCUT2D eigenvalue weighted by molar-refractivity contribution is -0.139. The van der Waals surface area contributed by atoms with Crippen LogP contribution in [0.3, 0.4) is 0 Å². The number of aromatic nitrogens is 1. The van der Waals surface area contributed by atoms with Gasteiger partial charge in [-0.25, -0.2) is 9.79 Å². The molecule has 1 aliphatic heterocycles. The van der Waals surface area contributed by atoms with E-state index < -0.39 is 12.0 Å². The van der Waals surface area contributed by atoms with Gasteiger partial charge in [0.2, 0.25) is 0 Å². The molecule has 41 heavy (non-hydrogen) atoms. The summed E-state index contributed by atoms with van der Waals surface area (Å²) < 4.78 is 25.9. The Bertz CT molecular complexity index is 1810. The Morgan fingerprint density at radius 3 is 2.59 bits per heavy atom. The number of rotatable bonds is 8. The van der Waals surface area contributed by atoms with E-state index in [1.807, 2.05) is 56.3 Å². The molecule has 0 aliphatic carbocycles. The SMILES string of the molecule is CCOC(=O)C1=C(C)N=c2s/c(=C/c3ccc(-c4ccc(Br)cc4)o3)c(=O)n2[C@H]1c1ccc(OC(C)C)c(OC)c1. The molecule has 0 bridgehead atoms. The molecule has 0 N–H and O–H groups in total. The molecule has 5 rings (SSSR count). The van der Waals surface area contributed by atoms with Gasteiger partial charge in [-0.05, 0) is 69.7 Å². The minimum Gasteiger partial charge on any atom is -0.493 e. The van der Waals surface area contributed by atoms with Gasteiger partial charge in [0.1, 0.15) is 11.5 Å². The molecule has 0 unspecified atom stereocenters. The Labute approximate surface area is 249 Å². The van der Waals surface area contributed by atoms with Crippen molar-refractivity contribution >= 4 is 39.3 Å². The first-order valence-corrected chi connectivity index (χ1v) is 14.7. The third kappa shape index (κ3) is 5.80. The second-order valence-corrected chi connectivity index (χ2v) is 11.5. The highest BCUT2D eigenvalue weighted by Gasteiger charge is 2.34. The normalized spacial score (nSPS) is 15.1. The van der Waals surface area contributed by atoms with Gasteiger partial charge in [0.15, 0.2) is 16.3 Å². The molecule has 0 spiro atoms. The number of thiazole rings is 1. The van der Waals surface area contributed by atoms with Crippen LogP contribution < -0.4 is 24.4 Å². The van der Waals surface area contributed by atoms with E-state index in [4.69, 9.17) is 18.6 Å². The van der Waals surface area contributed by atoms with E-state index in [0.29, 0.717) is 49.2 Å². The Hall–Kier alpha value is -3.89. The number of esters is 1. The molecule has 8 nitrogen and oxygen atoms in total. The van der Waals surface area contributed by atoms with Crippen molar-refractivity contribution in [2.24, 2.45) is 4.99 Å². The zero-order valence-corrected chi connectivity index (χ0v) is 25.7. The highest BCUT2D eigenvalue weighted by molar-refractivity contribution is 9.10. The van der Waals surface area contributed by atoms with Gasteiger partial charge in [-0.15, -0.1) is 0 Å². The Morgan fingerprint density at radius 2 is 1.90 bits per heavy atom. The maximum Gasteiger partial charge on any atom is 0.338 e. The second kappa shape index (κ2) is 11.9. The lowest BCUT2D eigenvalue weighted by Gasteiger charge is -2.25. The van der Waals surface area contributed by atoms with Crippen molar-refractivity contribution in [2.45, 2.75) is 39.8 Å². The van der Waals surface area contributed by atoms with Crippen LogP contribution in [0.25, 0.3) is 17.4 Å². The molecule has 1 aliphatic rings. The Morgan fingerprint density at radius 1 is 1.15 bits per heavy atom. The van der Waals surface area contributed by atoms with Crippen LogP contribution in [0.2, 0.25) is 0 Å². The molecule has 0 saturated carbocycles. The predicted molar refractivity (Wildman–Crippen MR) is 161 cm³/mol. The average molecular weight is 638 g/mol.